The number of hydrogen-bond acceptors (Lipinski definition) is 1. The van der Waals surface area contributed by atoms with Crippen LogP contribution in [0.2, 0.25) is 5.02 Å². The Morgan fingerprint density at radius 3 is 2.71 bits per heavy atom. The third kappa shape index (κ3) is 3.62. The van der Waals surface area contributed by atoms with Gasteiger partial charge in [-0.15, -0.1) is 0 Å². The summed E-state index contributed by atoms with van der Waals surface area (Å²) in [5.41, 5.74) is 1.51. The molecule has 2 atom stereocenters. The summed E-state index contributed by atoms with van der Waals surface area (Å²) in [4.78, 5) is 12.4. The van der Waals surface area contributed by atoms with Crippen molar-refractivity contribution in [2.24, 2.45) is 5.92 Å². The van der Waals surface area contributed by atoms with Crippen molar-refractivity contribution < 1.29 is 9.18 Å². The normalized spacial score (nSPS) is 19.8. The van der Waals surface area contributed by atoms with E-state index in [4.69, 9.17) is 11.6 Å². The summed E-state index contributed by atoms with van der Waals surface area (Å²) in [7, 11) is 0. The van der Waals surface area contributed by atoms with Crippen LogP contribution in [-0.2, 0) is 10.2 Å². The first-order valence-corrected chi connectivity index (χ1v) is 8.54. The second kappa shape index (κ2) is 6.56. The third-order valence-electron chi connectivity index (χ3n) is 4.74. The Morgan fingerprint density at radius 1 is 1.25 bits per heavy atom. The summed E-state index contributed by atoms with van der Waals surface area (Å²) in [6.07, 6.45) is 0.713. The number of halogens is 2. The first kappa shape index (κ1) is 17.0. The molecule has 1 aliphatic carbocycles. The Morgan fingerprint density at radius 2 is 2.00 bits per heavy atom. The van der Waals surface area contributed by atoms with Crippen molar-refractivity contribution in [2.75, 3.05) is 6.54 Å². The average Bonchev–Trinajstić information content (AvgIpc) is 3.34. The summed E-state index contributed by atoms with van der Waals surface area (Å²) < 4.78 is 13.8. The molecule has 0 aromatic heterocycles. The van der Waals surface area contributed by atoms with E-state index < -0.39 is 0 Å². The first-order chi connectivity index (χ1) is 11.4. The molecule has 2 nitrogen and oxygen atoms in total. The highest BCUT2D eigenvalue weighted by Crippen LogP contribution is 2.48. The topological polar surface area (TPSA) is 29.1 Å². The van der Waals surface area contributed by atoms with Crippen LogP contribution >= 0.6 is 11.6 Å². The van der Waals surface area contributed by atoms with Gasteiger partial charge >= 0.3 is 0 Å². The standard InChI is InChI=1S/C20H21ClFNO/c1-20(2,13-6-5-7-14(21)10-13)12-23-19(24)17-11-16(17)15-8-3-4-9-18(15)22/h3-10,16-17H,11-12H2,1-2H3,(H,23,24). The molecule has 0 aliphatic heterocycles. The number of nitrogens with one attached hydrogen (secondary N) is 1. The van der Waals surface area contributed by atoms with Gasteiger partial charge in [0.25, 0.3) is 0 Å². The Balaban J connectivity index is 1.60. The van der Waals surface area contributed by atoms with Crippen LogP contribution in [0.4, 0.5) is 4.39 Å². The molecule has 0 saturated heterocycles. The molecule has 4 heteroatoms. The molecule has 0 heterocycles. The Labute approximate surface area is 147 Å². The van der Waals surface area contributed by atoms with E-state index in [2.05, 4.69) is 19.2 Å². The van der Waals surface area contributed by atoms with Gasteiger partial charge in [0.05, 0.1) is 0 Å². The molecule has 1 saturated carbocycles. The highest BCUT2D eigenvalue weighted by molar-refractivity contribution is 6.30. The highest BCUT2D eigenvalue weighted by atomic mass is 35.5. The van der Waals surface area contributed by atoms with Crippen molar-refractivity contribution in [3.8, 4) is 0 Å². The molecule has 126 valence electrons. The van der Waals surface area contributed by atoms with Crippen LogP contribution in [0.5, 0.6) is 0 Å². The third-order valence-corrected chi connectivity index (χ3v) is 4.98. The molecule has 24 heavy (non-hydrogen) atoms. The quantitative estimate of drug-likeness (QED) is 0.837. The lowest BCUT2D eigenvalue weighted by atomic mass is 9.84. The molecular weight excluding hydrogens is 325 g/mol. The average molecular weight is 346 g/mol. The lowest BCUT2D eigenvalue weighted by Gasteiger charge is -2.26. The molecule has 1 N–H and O–H groups in total. The molecule has 2 aromatic carbocycles. The van der Waals surface area contributed by atoms with Crippen LogP contribution in [0.15, 0.2) is 48.5 Å². The van der Waals surface area contributed by atoms with Gasteiger partial charge in [-0.2, -0.15) is 0 Å². The number of carbonyl (C=O) groups is 1. The summed E-state index contributed by atoms with van der Waals surface area (Å²) in [5, 5.41) is 3.71. The van der Waals surface area contributed by atoms with Crippen molar-refractivity contribution in [3.63, 3.8) is 0 Å². The van der Waals surface area contributed by atoms with Crippen LogP contribution in [0.25, 0.3) is 0 Å². The fraction of sp³-hybridized carbons (Fsp3) is 0.350. The molecule has 0 spiro atoms. The predicted molar refractivity (Wildman–Crippen MR) is 94.7 cm³/mol. The number of amides is 1. The van der Waals surface area contributed by atoms with E-state index >= 15 is 0 Å². The number of benzene rings is 2. The van der Waals surface area contributed by atoms with Crippen molar-refractivity contribution >= 4 is 17.5 Å². The van der Waals surface area contributed by atoms with E-state index in [1.165, 1.54) is 6.07 Å². The molecular formula is C20H21ClFNO. The lowest BCUT2D eigenvalue weighted by Crippen LogP contribution is -2.37. The van der Waals surface area contributed by atoms with Gasteiger partial charge in [-0.1, -0.05) is 55.8 Å². The first-order valence-electron chi connectivity index (χ1n) is 8.17. The van der Waals surface area contributed by atoms with Crippen LogP contribution in [0, 0.1) is 11.7 Å². The van der Waals surface area contributed by atoms with Gasteiger partial charge in [0.15, 0.2) is 0 Å². The maximum Gasteiger partial charge on any atom is 0.223 e. The van der Waals surface area contributed by atoms with Gasteiger partial charge in [-0.05, 0) is 41.7 Å². The summed E-state index contributed by atoms with van der Waals surface area (Å²) in [6.45, 7) is 4.66. The van der Waals surface area contributed by atoms with E-state index in [0.717, 1.165) is 5.56 Å². The zero-order chi connectivity index (χ0) is 17.3. The molecule has 1 aliphatic rings. The van der Waals surface area contributed by atoms with Gasteiger partial charge in [0.2, 0.25) is 5.91 Å². The second-order valence-electron chi connectivity index (χ2n) is 7.08. The number of hydrogen-bond donors (Lipinski definition) is 1. The van der Waals surface area contributed by atoms with E-state index in [-0.39, 0.29) is 29.0 Å². The van der Waals surface area contributed by atoms with Crippen molar-refractivity contribution in [2.45, 2.75) is 31.6 Å². The van der Waals surface area contributed by atoms with Gasteiger partial charge in [-0.25, -0.2) is 4.39 Å². The summed E-state index contributed by atoms with van der Waals surface area (Å²) in [6, 6.07) is 14.4. The van der Waals surface area contributed by atoms with Crippen molar-refractivity contribution in [3.05, 3.63) is 70.5 Å². The van der Waals surface area contributed by atoms with E-state index in [9.17, 15) is 9.18 Å². The van der Waals surface area contributed by atoms with Crippen LogP contribution in [0.3, 0.4) is 0 Å². The van der Waals surface area contributed by atoms with Gasteiger partial charge in [0, 0.05) is 22.9 Å². The maximum atomic E-state index is 13.8. The fourth-order valence-corrected chi connectivity index (χ4v) is 3.25. The summed E-state index contributed by atoms with van der Waals surface area (Å²) in [5.74, 6) is -0.354. The monoisotopic (exact) mass is 345 g/mol. The number of rotatable bonds is 5. The molecule has 3 rings (SSSR count). The molecule has 1 fully saturated rings. The molecule has 2 unspecified atom stereocenters. The van der Waals surface area contributed by atoms with Gasteiger partial charge in [-0.3, -0.25) is 4.79 Å². The smallest absolute Gasteiger partial charge is 0.223 e. The molecule has 0 bridgehead atoms. The van der Waals surface area contributed by atoms with E-state index in [0.29, 0.717) is 23.6 Å². The zero-order valence-electron chi connectivity index (χ0n) is 13.9. The van der Waals surface area contributed by atoms with Crippen LogP contribution in [-0.4, -0.2) is 12.5 Å². The predicted octanol–water partition coefficient (Wildman–Crippen LogP) is 4.68. The molecule has 0 radical (unpaired) electrons. The molecule has 1 amide bonds. The van der Waals surface area contributed by atoms with Crippen molar-refractivity contribution in [1.29, 1.82) is 0 Å². The fourth-order valence-electron chi connectivity index (χ4n) is 3.05. The Hall–Kier alpha value is -1.87. The van der Waals surface area contributed by atoms with Gasteiger partial charge in [0.1, 0.15) is 5.82 Å². The minimum absolute atomic E-state index is 0.000446. The van der Waals surface area contributed by atoms with Crippen LogP contribution < -0.4 is 5.32 Å². The highest BCUT2D eigenvalue weighted by Gasteiger charge is 2.45. The van der Waals surface area contributed by atoms with E-state index in [1.807, 2.05) is 30.3 Å². The number of carbonyl (C=O) groups excluding carboxylic acids is 1. The Bertz CT molecular complexity index is 759. The SMILES string of the molecule is CC(C)(CNC(=O)C1CC1c1ccccc1F)c1cccc(Cl)c1. The Kier molecular flexibility index (Phi) is 4.64. The largest absolute Gasteiger partial charge is 0.355 e. The van der Waals surface area contributed by atoms with Crippen molar-refractivity contribution in [1.82, 2.24) is 5.32 Å². The molecule has 2 aromatic rings. The zero-order valence-corrected chi connectivity index (χ0v) is 14.6. The van der Waals surface area contributed by atoms with E-state index in [1.54, 1.807) is 12.1 Å². The minimum atomic E-state index is -0.225. The minimum Gasteiger partial charge on any atom is -0.355 e. The van der Waals surface area contributed by atoms with Gasteiger partial charge < -0.3 is 5.32 Å². The van der Waals surface area contributed by atoms with Crippen LogP contribution in [0.1, 0.15) is 37.3 Å². The maximum absolute atomic E-state index is 13.8. The summed E-state index contributed by atoms with van der Waals surface area (Å²) >= 11 is 6.05. The lowest BCUT2D eigenvalue weighted by molar-refractivity contribution is -0.122. The second-order valence-corrected chi connectivity index (χ2v) is 7.52.